The molecule has 0 aromatic heterocycles. The van der Waals surface area contributed by atoms with Crippen molar-refractivity contribution in [3.05, 3.63) is 41.4 Å². The molecule has 0 aliphatic heterocycles. The van der Waals surface area contributed by atoms with Gasteiger partial charge in [0.25, 0.3) is 0 Å². The van der Waals surface area contributed by atoms with E-state index in [9.17, 15) is 9.59 Å². The van der Waals surface area contributed by atoms with Gasteiger partial charge in [-0.3, -0.25) is 4.79 Å². The zero-order valence-electron chi connectivity index (χ0n) is 18.5. The third-order valence-electron chi connectivity index (χ3n) is 3.72. The summed E-state index contributed by atoms with van der Waals surface area (Å²) in [7, 11) is 1.47. The minimum absolute atomic E-state index is 0.153. The molecule has 0 unspecified atom stereocenters. The Morgan fingerprint density at radius 3 is 2.16 bits per heavy atom. The number of methoxy groups -OCH3 is 1. The van der Waals surface area contributed by atoms with Crippen LogP contribution in [0.3, 0.4) is 0 Å². The largest absolute Gasteiger partial charge is 0.495 e. The topological polar surface area (TPSA) is 97.9 Å². The Morgan fingerprint density at radius 1 is 1.03 bits per heavy atom. The first-order valence-corrected chi connectivity index (χ1v) is 10.4. The standard InChI is InChI=1S/C22H26ClN3O5S/c1-13(27)24-14-6-8-15(9-7-14)25-21(32)26-17-10-16(11-18(29-5)20(17)23)30-12-19(28)31-22(2,3)4/h6-11H,12H2,1-5H3,(H,24,27)(H2,25,26,32). The summed E-state index contributed by atoms with van der Waals surface area (Å²) in [6.07, 6.45) is 0. The lowest BCUT2D eigenvalue weighted by atomic mass is 10.2. The molecule has 32 heavy (non-hydrogen) atoms. The van der Waals surface area contributed by atoms with Gasteiger partial charge in [-0.15, -0.1) is 0 Å². The van der Waals surface area contributed by atoms with E-state index in [4.69, 9.17) is 38.0 Å². The van der Waals surface area contributed by atoms with E-state index in [2.05, 4.69) is 16.0 Å². The molecule has 0 aliphatic carbocycles. The number of halogens is 1. The van der Waals surface area contributed by atoms with E-state index >= 15 is 0 Å². The average Bonchev–Trinajstić information content (AvgIpc) is 2.68. The molecule has 10 heteroatoms. The molecular weight excluding hydrogens is 454 g/mol. The minimum atomic E-state index is -0.608. The lowest BCUT2D eigenvalue weighted by molar-refractivity contribution is -0.157. The maximum absolute atomic E-state index is 11.9. The van der Waals surface area contributed by atoms with Gasteiger partial charge in [0.05, 0.1) is 12.8 Å². The second-order valence-corrected chi connectivity index (χ2v) is 8.49. The lowest BCUT2D eigenvalue weighted by Crippen LogP contribution is -2.27. The minimum Gasteiger partial charge on any atom is -0.495 e. The SMILES string of the molecule is COc1cc(OCC(=O)OC(C)(C)C)cc(NC(=S)Nc2ccc(NC(C)=O)cc2)c1Cl. The van der Waals surface area contributed by atoms with Gasteiger partial charge < -0.3 is 30.2 Å². The zero-order valence-corrected chi connectivity index (χ0v) is 20.1. The molecule has 0 bridgehead atoms. The normalized spacial score (nSPS) is 10.7. The number of benzene rings is 2. The summed E-state index contributed by atoms with van der Waals surface area (Å²) in [6.45, 7) is 6.50. The Balaban J connectivity index is 2.07. The number of nitrogens with one attached hydrogen (secondary N) is 3. The van der Waals surface area contributed by atoms with Crippen molar-refractivity contribution in [3.8, 4) is 11.5 Å². The monoisotopic (exact) mass is 479 g/mol. The first kappa shape index (κ1) is 25.2. The molecule has 0 aliphatic rings. The van der Waals surface area contributed by atoms with Gasteiger partial charge in [-0.05, 0) is 57.3 Å². The second kappa shape index (κ2) is 11.0. The van der Waals surface area contributed by atoms with Crippen molar-refractivity contribution in [2.45, 2.75) is 33.3 Å². The van der Waals surface area contributed by atoms with E-state index < -0.39 is 11.6 Å². The summed E-state index contributed by atoms with van der Waals surface area (Å²) in [5.41, 5.74) is 1.20. The van der Waals surface area contributed by atoms with Crippen molar-refractivity contribution in [2.24, 2.45) is 0 Å². The van der Waals surface area contributed by atoms with Crippen LogP contribution in [0, 0.1) is 0 Å². The highest BCUT2D eigenvalue weighted by atomic mass is 35.5. The summed E-state index contributed by atoms with van der Waals surface area (Å²) >= 11 is 11.7. The number of carbonyl (C=O) groups excluding carboxylic acids is 2. The number of amides is 1. The number of hydrogen-bond acceptors (Lipinski definition) is 6. The van der Waals surface area contributed by atoms with Gasteiger partial charge in [-0.1, -0.05) is 11.6 Å². The van der Waals surface area contributed by atoms with Crippen LogP contribution in [0.1, 0.15) is 27.7 Å². The predicted octanol–water partition coefficient (Wildman–Crippen LogP) is 4.84. The molecule has 8 nitrogen and oxygen atoms in total. The van der Waals surface area contributed by atoms with Crippen LogP contribution in [-0.4, -0.2) is 36.3 Å². The molecular formula is C22H26ClN3O5S. The molecule has 0 fully saturated rings. The highest BCUT2D eigenvalue weighted by molar-refractivity contribution is 7.80. The van der Waals surface area contributed by atoms with Crippen LogP contribution in [0.25, 0.3) is 0 Å². The van der Waals surface area contributed by atoms with Crippen molar-refractivity contribution in [1.82, 2.24) is 0 Å². The Hall–Kier alpha value is -3.04. The molecule has 2 aromatic carbocycles. The molecule has 2 aromatic rings. The molecule has 0 saturated heterocycles. The van der Waals surface area contributed by atoms with E-state index in [0.29, 0.717) is 33.6 Å². The maximum atomic E-state index is 11.9. The van der Waals surface area contributed by atoms with Crippen molar-refractivity contribution < 1.29 is 23.8 Å². The number of hydrogen-bond donors (Lipinski definition) is 3. The van der Waals surface area contributed by atoms with Gasteiger partial charge in [0, 0.05) is 30.4 Å². The smallest absolute Gasteiger partial charge is 0.344 e. The molecule has 3 N–H and O–H groups in total. The van der Waals surface area contributed by atoms with Crippen LogP contribution in [0.2, 0.25) is 5.02 Å². The average molecular weight is 480 g/mol. The van der Waals surface area contributed by atoms with Gasteiger partial charge >= 0.3 is 5.97 Å². The summed E-state index contributed by atoms with van der Waals surface area (Å²) < 4.78 is 16.1. The molecule has 2 rings (SSSR count). The van der Waals surface area contributed by atoms with E-state index in [1.54, 1.807) is 57.2 Å². The maximum Gasteiger partial charge on any atom is 0.344 e. The molecule has 0 atom stereocenters. The van der Waals surface area contributed by atoms with Gasteiger partial charge in [-0.2, -0.15) is 0 Å². The summed E-state index contributed by atoms with van der Waals surface area (Å²) in [4.78, 5) is 23.0. The number of anilines is 3. The quantitative estimate of drug-likeness (QED) is 0.383. The van der Waals surface area contributed by atoms with E-state index in [1.165, 1.54) is 14.0 Å². The van der Waals surface area contributed by atoms with E-state index in [0.717, 1.165) is 0 Å². The fourth-order valence-corrected chi connectivity index (χ4v) is 2.99. The lowest BCUT2D eigenvalue weighted by Gasteiger charge is -2.20. The van der Waals surface area contributed by atoms with Crippen molar-refractivity contribution in [2.75, 3.05) is 29.7 Å². The Bertz CT molecular complexity index is 990. The molecule has 0 radical (unpaired) electrons. The number of thiocarbonyl (C=S) groups is 1. The number of esters is 1. The fraction of sp³-hybridized carbons (Fsp3) is 0.318. The van der Waals surface area contributed by atoms with Crippen molar-refractivity contribution in [3.63, 3.8) is 0 Å². The van der Waals surface area contributed by atoms with E-state index in [1.807, 2.05) is 0 Å². The Labute approximate surface area is 197 Å². The molecule has 0 spiro atoms. The highest BCUT2D eigenvalue weighted by Crippen LogP contribution is 2.37. The fourth-order valence-electron chi connectivity index (χ4n) is 2.53. The van der Waals surface area contributed by atoms with Crippen LogP contribution in [-0.2, 0) is 14.3 Å². The van der Waals surface area contributed by atoms with Gasteiger partial charge in [0.1, 0.15) is 22.1 Å². The van der Waals surface area contributed by atoms with Crippen molar-refractivity contribution >= 4 is 57.9 Å². The highest BCUT2D eigenvalue weighted by Gasteiger charge is 2.18. The summed E-state index contributed by atoms with van der Waals surface area (Å²) in [5, 5.41) is 9.27. The molecule has 1 amide bonds. The summed E-state index contributed by atoms with van der Waals surface area (Å²) in [6, 6.07) is 10.2. The van der Waals surface area contributed by atoms with Crippen LogP contribution in [0.4, 0.5) is 17.1 Å². The van der Waals surface area contributed by atoms with Gasteiger partial charge in [-0.25, -0.2) is 4.79 Å². The van der Waals surface area contributed by atoms with Crippen LogP contribution in [0.5, 0.6) is 11.5 Å². The van der Waals surface area contributed by atoms with Crippen LogP contribution in [0.15, 0.2) is 36.4 Å². The van der Waals surface area contributed by atoms with Crippen molar-refractivity contribution in [1.29, 1.82) is 0 Å². The number of rotatable bonds is 7. The van der Waals surface area contributed by atoms with Crippen LogP contribution >= 0.6 is 23.8 Å². The second-order valence-electron chi connectivity index (χ2n) is 7.70. The first-order chi connectivity index (χ1) is 15.0. The third kappa shape index (κ3) is 8.24. The first-order valence-electron chi connectivity index (χ1n) is 9.64. The van der Waals surface area contributed by atoms with Crippen LogP contribution < -0.4 is 25.4 Å². The van der Waals surface area contributed by atoms with Gasteiger partial charge in [0.2, 0.25) is 5.91 Å². The number of carbonyl (C=O) groups is 2. The zero-order chi connectivity index (χ0) is 23.9. The Morgan fingerprint density at radius 2 is 1.62 bits per heavy atom. The van der Waals surface area contributed by atoms with E-state index in [-0.39, 0.29) is 17.6 Å². The summed E-state index contributed by atoms with van der Waals surface area (Å²) in [5.74, 6) is 0.0430. The van der Waals surface area contributed by atoms with Gasteiger partial charge in [0.15, 0.2) is 11.7 Å². The number of ether oxygens (including phenoxy) is 3. The third-order valence-corrected chi connectivity index (χ3v) is 4.31. The molecule has 0 saturated carbocycles. The molecule has 0 heterocycles. The predicted molar refractivity (Wildman–Crippen MR) is 130 cm³/mol. The Kier molecular flexibility index (Phi) is 8.68. The molecule has 172 valence electrons.